The summed E-state index contributed by atoms with van der Waals surface area (Å²) in [5.41, 5.74) is 2.34. The van der Waals surface area contributed by atoms with Crippen LogP contribution in [0.1, 0.15) is 24.5 Å². The third kappa shape index (κ3) is 5.67. The molecule has 0 bridgehead atoms. The number of hydrogen-bond acceptors (Lipinski definition) is 5. The Morgan fingerprint density at radius 1 is 1.20 bits per heavy atom. The largest absolute Gasteiger partial charge is 0.482 e. The van der Waals surface area contributed by atoms with Crippen molar-refractivity contribution < 1.29 is 28.2 Å². The summed E-state index contributed by atoms with van der Waals surface area (Å²) in [6, 6.07) is 11.4. The van der Waals surface area contributed by atoms with Crippen LogP contribution in [-0.4, -0.2) is 31.2 Å². The van der Waals surface area contributed by atoms with Crippen molar-refractivity contribution in [1.29, 1.82) is 0 Å². The maximum absolute atomic E-state index is 13.0. The van der Waals surface area contributed by atoms with Crippen molar-refractivity contribution in [3.8, 4) is 5.75 Å². The van der Waals surface area contributed by atoms with Gasteiger partial charge in [-0.15, -0.1) is 0 Å². The molecule has 0 saturated carbocycles. The number of benzene rings is 2. The minimum absolute atomic E-state index is 0.0961. The van der Waals surface area contributed by atoms with Crippen LogP contribution in [0, 0.1) is 12.7 Å². The van der Waals surface area contributed by atoms with Crippen molar-refractivity contribution in [2.45, 2.75) is 33.0 Å². The van der Waals surface area contributed by atoms with Gasteiger partial charge in [0.25, 0.3) is 0 Å². The van der Waals surface area contributed by atoms with Gasteiger partial charge in [-0.3, -0.25) is 9.69 Å². The highest BCUT2D eigenvalue weighted by molar-refractivity contribution is 5.96. The molecule has 1 unspecified atom stereocenters. The summed E-state index contributed by atoms with van der Waals surface area (Å²) in [6.07, 6.45) is 3.38. The first-order valence-electron chi connectivity index (χ1n) is 9.71. The van der Waals surface area contributed by atoms with E-state index >= 15 is 0 Å². The summed E-state index contributed by atoms with van der Waals surface area (Å²) in [6.45, 7) is 4.02. The molecule has 7 heteroatoms. The molecule has 3 rings (SSSR count). The first-order valence-corrected chi connectivity index (χ1v) is 9.71. The fourth-order valence-corrected chi connectivity index (χ4v) is 3.02. The predicted molar refractivity (Wildman–Crippen MR) is 110 cm³/mol. The summed E-state index contributed by atoms with van der Waals surface area (Å²) in [5, 5.41) is 0. The maximum atomic E-state index is 13.0. The van der Waals surface area contributed by atoms with Crippen LogP contribution in [-0.2, 0) is 25.7 Å². The van der Waals surface area contributed by atoms with E-state index < -0.39 is 5.97 Å². The van der Waals surface area contributed by atoms with E-state index in [9.17, 15) is 14.0 Å². The molecule has 1 aliphatic rings. The third-order valence-electron chi connectivity index (χ3n) is 4.56. The molecule has 6 nitrogen and oxygen atoms in total. The van der Waals surface area contributed by atoms with Gasteiger partial charge in [0.1, 0.15) is 11.6 Å². The Balaban J connectivity index is 1.59. The van der Waals surface area contributed by atoms with Gasteiger partial charge in [-0.1, -0.05) is 12.1 Å². The second-order valence-corrected chi connectivity index (χ2v) is 6.83. The molecule has 158 valence electrons. The number of hydrogen-bond donors (Lipinski definition) is 0. The zero-order valence-electron chi connectivity index (χ0n) is 17.0. The van der Waals surface area contributed by atoms with Crippen LogP contribution >= 0.6 is 0 Å². The van der Waals surface area contributed by atoms with Gasteiger partial charge >= 0.3 is 5.97 Å². The Bertz CT molecular complexity index is 926. The van der Waals surface area contributed by atoms with E-state index in [-0.39, 0.29) is 30.9 Å². The monoisotopic (exact) mass is 413 g/mol. The summed E-state index contributed by atoms with van der Waals surface area (Å²) in [5.74, 6) is -0.265. The number of amides is 1. The highest BCUT2D eigenvalue weighted by Crippen LogP contribution is 2.27. The summed E-state index contributed by atoms with van der Waals surface area (Å²) < 4.78 is 29.1. The lowest BCUT2D eigenvalue weighted by molar-refractivity contribution is -0.145. The van der Waals surface area contributed by atoms with Gasteiger partial charge in [0, 0.05) is 11.9 Å². The minimum Gasteiger partial charge on any atom is -0.482 e. The van der Waals surface area contributed by atoms with Gasteiger partial charge in [-0.05, 0) is 61.4 Å². The first kappa shape index (κ1) is 21.5. The van der Waals surface area contributed by atoms with Gasteiger partial charge in [-0.2, -0.15) is 0 Å². The quantitative estimate of drug-likeness (QED) is 0.614. The summed E-state index contributed by atoms with van der Waals surface area (Å²) in [7, 11) is 0. The number of aryl methyl sites for hydroxylation is 1. The highest BCUT2D eigenvalue weighted by atomic mass is 19.1. The molecule has 2 aromatic rings. The number of esters is 1. The average Bonchev–Trinajstić information content (AvgIpc) is 2.73. The van der Waals surface area contributed by atoms with Crippen molar-refractivity contribution in [2.24, 2.45) is 0 Å². The molecule has 0 aliphatic carbocycles. The third-order valence-corrected chi connectivity index (χ3v) is 4.56. The zero-order chi connectivity index (χ0) is 21.5. The molecule has 0 saturated heterocycles. The van der Waals surface area contributed by atoms with Crippen LogP contribution in [0.2, 0.25) is 0 Å². The van der Waals surface area contributed by atoms with Gasteiger partial charge in [-0.25, -0.2) is 9.18 Å². The molecule has 0 N–H and O–H groups in total. The second kappa shape index (κ2) is 10.0. The molecule has 0 spiro atoms. The highest BCUT2D eigenvalue weighted by Gasteiger charge is 2.23. The maximum Gasteiger partial charge on any atom is 0.344 e. The second-order valence-electron chi connectivity index (χ2n) is 6.83. The van der Waals surface area contributed by atoms with Crippen LogP contribution in [0.4, 0.5) is 10.1 Å². The van der Waals surface area contributed by atoms with E-state index in [0.29, 0.717) is 24.7 Å². The van der Waals surface area contributed by atoms with Gasteiger partial charge < -0.3 is 14.2 Å². The number of rotatable bonds is 8. The standard InChI is InChI=1S/C23H24FNO5/c1-3-28-23(27)15-30-21-9-8-19(12-16(21)2)25-11-10-20(13-22(25)26)29-14-17-4-6-18(24)7-5-17/h4-12,20H,3,13-15H2,1-2H3. The molecule has 1 aliphatic heterocycles. The van der Waals surface area contributed by atoms with Crippen LogP contribution in [0.5, 0.6) is 5.75 Å². The Hall–Kier alpha value is -3.19. The van der Waals surface area contributed by atoms with Crippen molar-refractivity contribution in [1.82, 2.24) is 0 Å². The smallest absolute Gasteiger partial charge is 0.344 e. The van der Waals surface area contributed by atoms with Crippen molar-refractivity contribution in [2.75, 3.05) is 18.1 Å². The summed E-state index contributed by atoms with van der Waals surface area (Å²) >= 11 is 0. The van der Waals surface area contributed by atoms with E-state index in [1.165, 1.54) is 12.1 Å². The zero-order valence-corrected chi connectivity index (χ0v) is 17.0. The van der Waals surface area contributed by atoms with Gasteiger partial charge in [0.05, 0.1) is 25.7 Å². The number of ether oxygens (including phenoxy) is 3. The molecule has 1 atom stereocenters. The number of nitrogens with zero attached hydrogens (tertiary/aromatic N) is 1. The topological polar surface area (TPSA) is 65.1 Å². The van der Waals surface area contributed by atoms with Gasteiger partial charge in [0.15, 0.2) is 6.61 Å². The van der Waals surface area contributed by atoms with Crippen molar-refractivity contribution in [3.63, 3.8) is 0 Å². The molecular formula is C23H24FNO5. The molecular weight excluding hydrogens is 389 g/mol. The summed E-state index contributed by atoms with van der Waals surface area (Å²) in [4.78, 5) is 25.6. The number of anilines is 1. The normalized spacial score (nSPS) is 15.9. The average molecular weight is 413 g/mol. The van der Waals surface area contributed by atoms with Crippen LogP contribution in [0.25, 0.3) is 0 Å². The molecule has 1 heterocycles. The number of carbonyl (C=O) groups excluding carboxylic acids is 2. The van der Waals surface area contributed by atoms with Crippen LogP contribution in [0.15, 0.2) is 54.7 Å². The van der Waals surface area contributed by atoms with Crippen molar-refractivity contribution in [3.05, 3.63) is 71.7 Å². The lowest BCUT2D eigenvalue weighted by Gasteiger charge is -2.26. The van der Waals surface area contributed by atoms with Crippen LogP contribution < -0.4 is 9.64 Å². The lowest BCUT2D eigenvalue weighted by atomic mass is 10.1. The molecule has 0 aromatic heterocycles. The van der Waals surface area contributed by atoms with E-state index in [4.69, 9.17) is 14.2 Å². The van der Waals surface area contributed by atoms with E-state index in [1.807, 2.05) is 19.1 Å². The molecule has 1 amide bonds. The predicted octanol–water partition coefficient (Wildman–Crippen LogP) is 3.91. The Morgan fingerprint density at radius 3 is 2.63 bits per heavy atom. The number of halogens is 1. The van der Waals surface area contributed by atoms with E-state index in [0.717, 1.165) is 11.1 Å². The van der Waals surface area contributed by atoms with E-state index in [1.54, 1.807) is 42.3 Å². The molecule has 0 fully saturated rings. The Kier molecular flexibility index (Phi) is 7.19. The first-order chi connectivity index (χ1) is 14.5. The van der Waals surface area contributed by atoms with Gasteiger partial charge in [0.2, 0.25) is 5.91 Å². The van der Waals surface area contributed by atoms with E-state index in [2.05, 4.69) is 0 Å². The fraction of sp³-hybridized carbons (Fsp3) is 0.304. The van der Waals surface area contributed by atoms with Crippen LogP contribution in [0.3, 0.4) is 0 Å². The lowest BCUT2D eigenvalue weighted by Crippen LogP contribution is -2.33. The molecule has 30 heavy (non-hydrogen) atoms. The Labute approximate surface area is 174 Å². The fourth-order valence-electron chi connectivity index (χ4n) is 3.02. The SMILES string of the molecule is CCOC(=O)COc1ccc(N2C=CC(OCc3ccc(F)cc3)CC2=O)cc1C. The minimum atomic E-state index is -0.429. The number of carbonyl (C=O) groups is 2. The Morgan fingerprint density at radius 2 is 1.97 bits per heavy atom. The molecule has 2 aromatic carbocycles. The van der Waals surface area contributed by atoms with Crippen molar-refractivity contribution >= 4 is 17.6 Å². The molecule has 0 radical (unpaired) electrons.